The van der Waals surface area contributed by atoms with Crippen LogP contribution in [0.3, 0.4) is 0 Å². The minimum atomic E-state index is -0.234. The lowest BCUT2D eigenvalue weighted by Gasteiger charge is -2.31. The average molecular weight is 289 g/mol. The van der Waals surface area contributed by atoms with Crippen LogP contribution in [0.2, 0.25) is 0 Å². The Labute approximate surface area is 127 Å². The minimum Gasteiger partial charge on any atom is -0.355 e. The van der Waals surface area contributed by atoms with E-state index in [0.29, 0.717) is 12.5 Å². The van der Waals surface area contributed by atoms with E-state index < -0.39 is 0 Å². The molecule has 1 aliphatic rings. The number of carbonyl (C=O) groups excluding carboxylic acids is 1. The Bertz CT molecular complexity index is 427. The Morgan fingerprint density at radius 1 is 1.33 bits per heavy atom. The van der Waals surface area contributed by atoms with E-state index in [9.17, 15) is 4.79 Å². The molecular weight excluding hydrogens is 262 g/mol. The monoisotopic (exact) mass is 289 g/mol. The first kappa shape index (κ1) is 16.0. The third-order valence-electron chi connectivity index (χ3n) is 4.47. The summed E-state index contributed by atoms with van der Waals surface area (Å²) in [4.78, 5) is 14.8. The number of nitrogens with one attached hydrogen (secondary N) is 1. The van der Waals surface area contributed by atoms with E-state index in [2.05, 4.69) is 17.1 Å². The largest absolute Gasteiger partial charge is 0.355 e. The standard InChI is InChI=1S/C17H27N3O/c1-2-20-10-8-14(9-11-20)13-19-17(21)16(12-18)15-6-4-3-5-7-15/h3-7,14,16H,2,8-13,18H2,1H3,(H,19,21). The number of hydrogen-bond acceptors (Lipinski definition) is 3. The molecule has 1 fully saturated rings. The second-order valence-electron chi connectivity index (χ2n) is 5.82. The smallest absolute Gasteiger partial charge is 0.228 e. The molecule has 4 heteroatoms. The van der Waals surface area contributed by atoms with Gasteiger partial charge >= 0.3 is 0 Å². The summed E-state index contributed by atoms with van der Waals surface area (Å²) in [5.41, 5.74) is 6.78. The van der Waals surface area contributed by atoms with E-state index in [1.165, 1.54) is 12.8 Å². The lowest BCUT2D eigenvalue weighted by Crippen LogP contribution is -2.40. The molecule has 1 aliphatic heterocycles. The number of benzene rings is 1. The summed E-state index contributed by atoms with van der Waals surface area (Å²) in [7, 11) is 0. The molecule has 116 valence electrons. The van der Waals surface area contributed by atoms with Crippen LogP contribution in [0.4, 0.5) is 0 Å². The second-order valence-corrected chi connectivity index (χ2v) is 5.82. The molecule has 0 spiro atoms. The second kappa shape index (κ2) is 8.15. The first-order chi connectivity index (χ1) is 10.2. The molecule has 1 aromatic carbocycles. The van der Waals surface area contributed by atoms with Crippen molar-refractivity contribution >= 4 is 5.91 Å². The average Bonchev–Trinajstić information content (AvgIpc) is 2.55. The van der Waals surface area contributed by atoms with Crippen molar-refractivity contribution in [2.45, 2.75) is 25.7 Å². The van der Waals surface area contributed by atoms with Gasteiger partial charge in [0.1, 0.15) is 0 Å². The van der Waals surface area contributed by atoms with Crippen molar-refractivity contribution < 1.29 is 4.79 Å². The van der Waals surface area contributed by atoms with E-state index in [4.69, 9.17) is 5.73 Å². The summed E-state index contributed by atoms with van der Waals surface area (Å²) in [5, 5.41) is 3.10. The summed E-state index contributed by atoms with van der Waals surface area (Å²) in [6.07, 6.45) is 2.35. The van der Waals surface area contributed by atoms with Crippen molar-refractivity contribution in [1.82, 2.24) is 10.2 Å². The highest BCUT2D eigenvalue weighted by molar-refractivity contribution is 5.83. The van der Waals surface area contributed by atoms with E-state index in [1.807, 2.05) is 30.3 Å². The normalized spacial score (nSPS) is 18.4. The summed E-state index contributed by atoms with van der Waals surface area (Å²) in [5.74, 6) is 0.425. The van der Waals surface area contributed by atoms with Crippen molar-refractivity contribution in [3.8, 4) is 0 Å². The molecule has 0 saturated carbocycles. The van der Waals surface area contributed by atoms with Gasteiger partial charge in [0.2, 0.25) is 5.91 Å². The van der Waals surface area contributed by atoms with Gasteiger partial charge < -0.3 is 16.0 Å². The maximum atomic E-state index is 12.3. The number of carbonyl (C=O) groups is 1. The van der Waals surface area contributed by atoms with E-state index in [0.717, 1.165) is 31.7 Å². The molecule has 0 aliphatic carbocycles. The number of nitrogens with zero attached hydrogens (tertiary/aromatic N) is 1. The molecule has 2 rings (SSSR count). The Kier molecular flexibility index (Phi) is 6.21. The molecule has 0 aromatic heterocycles. The first-order valence-electron chi connectivity index (χ1n) is 7.99. The summed E-state index contributed by atoms with van der Waals surface area (Å²) < 4.78 is 0. The SMILES string of the molecule is CCN1CCC(CNC(=O)C(CN)c2ccccc2)CC1. The van der Waals surface area contributed by atoms with Gasteiger partial charge in [-0.05, 0) is 44.0 Å². The van der Waals surface area contributed by atoms with Gasteiger partial charge in [0, 0.05) is 13.1 Å². The highest BCUT2D eigenvalue weighted by atomic mass is 16.1. The van der Waals surface area contributed by atoms with Crippen LogP contribution in [0.15, 0.2) is 30.3 Å². The minimum absolute atomic E-state index is 0.0571. The molecule has 1 unspecified atom stereocenters. The van der Waals surface area contributed by atoms with Gasteiger partial charge in [0.25, 0.3) is 0 Å². The van der Waals surface area contributed by atoms with Gasteiger partial charge in [-0.1, -0.05) is 37.3 Å². The van der Waals surface area contributed by atoms with Crippen LogP contribution >= 0.6 is 0 Å². The predicted octanol–water partition coefficient (Wildman–Crippen LogP) is 1.58. The number of piperidine rings is 1. The van der Waals surface area contributed by atoms with Crippen LogP contribution in [-0.2, 0) is 4.79 Å². The predicted molar refractivity (Wildman–Crippen MR) is 86.1 cm³/mol. The molecule has 3 N–H and O–H groups in total. The molecular formula is C17H27N3O. The molecule has 4 nitrogen and oxygen atoms in total. The molecule has 1 atom stereocenters. The number of hydrogen-bond donors (Lipinski definition) is 2. The Hall–Kier alpha value is -1.39. The number of amides is 1. The third-order valence-corrected chi connectivity index (χ3v) is 4.47. The van der Waals surface area contributed by atoms with Gasteiger partial charge in [-0.3, -0.25) is 4.79 Å². The molecule has 21 heavy (non-hydrogen) atoms. The molecule has 0 radical (unpaired) electrons. The number of nitrogens with two attached hydrogens (primary N) is 1. The molecule has 1 heterocycles. The van der Waals surface area contributed by atoms with Gasteiger partial charge in [0.05, 0.1) is 5.92 Å². The quantitative estimate of drug-likeness (QED) is 0.836. The summed E-state index contributed by atoms with van der Waals surface area (Å²) >= 11 is 0. The third kappa shape index (κ3) is 4.55. The maximum absolute atomic E-state index is 12.3. The van der Waals surface area contributed by atoms with Gasteiger partial charge in [-0.15, -0.1) is 0 Å². The molecule has 1 aromatic rings. The van der Waals surface area contributed by atoms with Crippen LogP contribution in [0.1, 0.15) is 31.2 Å². The zero-order chi connectivity index (χ0) is 15.1. The van der Waals surface area contributed by atoms with Crippen LogP contribution in [-0.4, -0.2) is 43.5 Å². The highest BCUT2D eigenvalue weighted by Gasteiger charge is 2.22. The van der Waals surface area contributed by atoms with Gasteiger partial charge in [-0.25, -0.2) is 0 Å². The van der Waals surface area contributed by atoms with Crippen LogP contribution in [0.5, 0.6) is 0 Å². The van der Waals surface area contributed by atoms with E-state index >= 15 is 0 Å². The maximum Gasteiger partial charge on any atom is 0.228 e. The Morgan fingerprint density at radius 2 is 2.00 bits per heavy atom. The van der Waals surface area contributed by atoms with Crippen molar-refractivity contribution in [1.29, 1.82) is 0 Å². The number of rotatable bonds is 6. The zero-order valence-corrected chi connectivity index (χ0v) is 12.9. The molecule has 1 saturated heterocycles. The Balaban J connectivity index is 1.81. The van der Waals surface area contributed by atoms with Crippen LogP contribution in [0, 0.1) is 5.92 Å². The van der Waals surface area contributed by atoms with Crippen molar-refractivity contribution in [2.24, 2.45) is 11.7 Å². The van der Waals surface area contributed by atoms with Crippen molar-refractivity contribution in [2.75, 3.05) is 32.7 Å². The summed E-state index contributed by atoms with van der Waals surface area (Å²) in [6.45, 7) is 6.76. The summed E-state index contributed by atoms with van der Waals surface area (Å²) in [6, 6.07) is 9.79. The lowest BCUT2D eigenvalue weighted by molar-refractivity contribution is -0.122. The van der Waals surface area contributed by atoms with E-state index in [-0.39, 0.29) is 11.8 Å². The fourth-order valence-electron chi connectivity index (χ4n) is 2.95. The first-order valence-corrected chi connectivity index (χ1v) is 7.99. The highest BCUT2D eigenvalue weighted by Crippen LogP contribution is 2.17. The Morgan fingerprint density at radius 3 is 2.57 bits per heavy atom. The van der Waals surface area contributed by atoms with Crippen LogP contribution in [0.25, 0.3) is 0 Å². The van der Waals surface area contributed by atoms with Gasteiger partial charge in [0.15, 0.2) is 0 Å². The van der Waals surface area contributed by atoms with Crippen molar-refractivity contribution in [3.05, 3.63) is 35.9 Å². The van der Waals surface area contributed by atoms with Crippen molar-refractivity contribution in [3.63, 3.8) is 0 Å². The fraction of sp³-hybridized carbons (Fsp3) is 0.588. The van der Waals surface area contributed by atoms with Gasteiger partial charge in [-0.2, -0.15) is 0 Å². The van der Waals surface area contributed by atoms with Crippen LogP contribution < -0.4 is 11.1 Å². The fourth-order valence-corrected chi connectivity index (χ4v) is 2.95. The topological polar surface area (TPSA) is 58.4 Å². The number of likely N-dealkylation sites (tertiary alicyclic amines) is 1. The molecule has 0 bridgehead atoms. The molecule has 1 amide bonds. The zero-order valence-electron chi connectivity index (χ0n) is 12.9. The van der Waals surface area contributed by atoms with E-state index in [1.54, 1.807) is 0 Å². The lowest BCUT2D eigenvalue weighted by atomic mass is 9.95.